The van der Waals surface area contributed by atoms with Crippen molar-refractivity contribution in [1.82, 2.24) is 19.8 Å². The largest absolute Gasteiger partial charge is 0.374 e. The van der Waals surface area contributed by atoms with Crippen molar-refractivity contribution in [3.05, 3.63) is 96.4 Å². The van der Waals surface area contributed by atoms with E-state index >= 15 is 0 Å². The number of nitrogens with one attached hydrogen (secondary N) is 2. The summed E-state index contributed by atoms with van der Waals surface area (Å²) < 4.78 is 7.41. The van der Waals surface area contributed by atoms with Crippen LogP contribution < -0.4 is 16.4 Å². The topological polar surface area (TPSA) is 132 Å². The monoisotopic (exact) mass is 556 g/mol. The fourth-order valence-corrected chi connectivity index (χ4v) is 4.22. The smallest absolute Gasteiger partial charge is 0.250 e. The van der Waals surface area contributed by atoms with Crippen molar-refractivity contribution < 1.29 is 19.1 Å². The van der Waals surface area contributed by atoms with Gasteiger partial charge in [0, 0.05) is 20.3 Å². The van der Waals surface area contributed by atoms with Gasteiger partial charge in [0.25, 0.3) is 5.91 Å². The molecule has 0 aliphatic rings. The Labute approximate surface area is 239 Å². The molecule has 41 heavy (non-hydrogen) atoms. The van der Waals surface area contributed by atoms with E-state index in [-0.39, 0.29) is 24.9 Å². The van der Waals surface area contributed by atoms with Gasteiger partial charge in [0.15, 0.2) is 5.82 Å². The molecule has 3 amide bonds. The molecule has 2 atom stereocenters. The second-order valence-corrected chi connectivity index (χ2v) is 10.7. The molecule has 0 bridgehead atoms. The van der Waals surface area contributed by atoms with E-state index in [9.17, 15) is 14.4 Å². The summed E-state index contributed by atoms with van der Waals surface area (Å²) in [4.78, 5) is 45.0. The number of nitrogens with zero attached hydrogens (tertiary/aromatic N) is 3. The molecule has 0 radical (unpaired) electrons. The maximum atomic E-state index is 13.3. The molecule has 0 aliphatic heterocycles. The van der Waals surface area contributed by atoms with Gasteiger partial charge in [-0.1, -0.05) is 66.7 Å². The molecule has 0 spiro atoms. The Bertz CT molecular complexity index is 1510. The number of fused-ring (bicyclic) bond motifs is 1. The highest BCUT2D eigenvalue weighted by Gasteiger charge is 2.29. The first-order valence-corrected chi connectivity index (χ1v) is 13.3. The van der Waals surface area contributed by atoms with Crippen LogP contribution in [0.2, 0.25) is 0 Å². The standard InChI is InChI=1S/C31H36N6O4/c1-31(2,32)30(40)34-25(19-41-18-21-10-6-5-7-11-21)28(38)35-26-17-37(20-33-26)27(29(39)36(3)4)24-15-14-22-12-8-9-13-23(22)16-24/h5-17,20,25,27H,18-19,32H2,1-4H3,(H,34,40)(H,35,38)/t25-,27?/m1/s1. The van der Waals surface area contributed by atoms with Crippen LogP contribution >= 0.6 is 0 Å². The summed E-state index contributed by atoms with van der Waals surface area (Å²) in [6.07, 6.45) is 3.09. The van der Waals surface area contributed by atoms with Gasteiger partial charge < -0.3 is 30.6 Å². The van der Waals surface area contributed by atoms with Crippen LogP contribution in [-0.4, -0.2) is 64.5 Å². The second kappa shape index (κ2) is 12.8. The first kappa shape index (κ1) is 29.4. The highest BCUT2D eigenvalue weighted by atomic mass is 16.5. The van der Waals surface area contributed by atoms with E-state index in [2.05, 4.69) is 15.6 Å². The van der Waals surface area contributed by atoms with Crippen molar-refractivity contribution >= 4 is 34.3 Å². The van der Waals surface area contributed by atoms with Crippen LogP contribution in [0.4, 0.5) is 5.82 Å². The van der Waals surface area contributed by atoms with Crippen LogP contribution in [-0.2, 0) is 25.7 Å². The lowest BCUT2D eigenvalue weighted by atomic mass is 10.0. The lowest BCUT2D eigenvalue weighted by molar-refractivity contribution is -0.131. The number of hydrogen-bond acceptors (Lipinski definition) is 6. The second-order valence-electron chi connectivity index (χ2n) is 10.7. The number of hydrogen-bond donors (Lipinski definition) is 3. The highest BCUT2D eigenvalue weighted by molar-refractivity contribution is 5.98. The Kier molecular flexibility index (Phi) is 9.16. The maximum absolute atomic E-state index is 13.3. The number of carbonyl (C=O) groups is 3. The van der Waals surface area contributed by atoms with Gasteiger partial charge in [-0.2, -0.15) is 0 Å². The van der Waals surface area contributed by atoms with Gasteiger partial charge in [-0.3, -0.25) is 14.4 Å². The molecule has 3 aromatic carbocycles. The van der Waals surface area contributed by atoms with Crippen LogP contribution in [0.25, 0.3) is 10.8 Å². The fourth-order valence-electron chi connectivity index (χ4n) is 4.22. The Hall–Kier alpha value is -4.54. The van der Waals surface area contributed by atoms with Crippen LogP contribution in [0.5, 0.6) is 0 Å². The minimum atomic E-state index is -1.20. The molecule has 0 fully saturated rings. The molecule has 0 aliphatic carbocycles. The number of rotatable bonds is 11. The van der Waals surface area contributed by atoms with Gasteiger partial charge in [-0.05, 0) is 41.8 Å². The number of benzene rings is 3. The van der Waals surface area contributed by atoms with Crippen molar-refractivity contribution in [2.75, 3.05) is 26.0 Å². The third-order valence-electron chi connectivity index (χ3n) is 6.52. The predicted octanol–water partition coefficient (Wildman–Crippen LogP) is 3.09. The molecule has 1 aromatic heterocycles. The molecule has 0 saturated carbocycles. The Morgan fingerprint density at radius 3 is 2.37 bits per heavy atom. The van der Waals surface area contributed by atoms with Crippen LogP contribution in [0.15, 0.2) is 85.3 Å². The summed E-state index contributed by atoms with van der Waals surface area (Å²) in [6, 6.07) is 21.6. The average Bonchev–Trinajstić information content (AvgIpc) is 3.40. The minimum Gasteiger partial charge on any atom is -0.374 e. The molecular weight excluding hydrogens is 520 g/mol. The summed E-state index contributed by atoms with van der Waals surface area (Å²) in [5.41, 5.74) is 6.46. The zero-order valence-electron chi connectivity index (χ0n) is 23.7. The van der Waals surface area contributed by atoms with E-state index in [4.69, 9.17) is 10.5 Å². The van der Waals surface area contributed by atoms with Gasteiger partial charge in [-0.15, -0.1) is 0 Å². The quantitative estimate of drug-likeness (QED) is 0.260. The van der Waals surface area contributed by atoms with E-state index in [0.717, 1.165) is 21.9 Å². The van der Waals surface area contributed by atoms with Crippen LogP contribution in [0.3, 0.4) is 0 Å². The first-order valence-electron chi connectivity index (χ1n) is 13.3. The van der Waals surface area contributed by atoms with Crippen molar-refractivity contribution in [3.63, 3.8) is 0 Å². The molecule has 10 heteroatoms. The maximum Gasteiger partial charge on any atom is 0.250 e. The first-order chi connectivity index (χ1) is 19.5. The molecule has 0 saturated heterocycles. The molecule has 214 valence electrons. The normalized spacial score (nSPS) is 12.9. The molecule has 4 aromatic rings. The Morgan fingerprint density at radius 2 is 1.68 bits per heavy atom. The lowest BCUT2D eigenvalue weighted by Crippen LogP contribution is -2.56. The number of amides is 3. The third kappa shape index (κ3) is 7.56. The van der Waals surface area contributed by atoms with Gasteiger partial charge in [-0.25, -0.2) is 4.98 Å². The van der Waals surface area contributed by atoms with E-state index < -0.39 is 29.4 Å². The van der Waals surface area contributed by atoms with Gasteiger partial charge in [0.2, 0.25) is 11.8 Å². The van der Waals surface area contributed by atoms with Gasteiger partial charge in [0.05, 0.1) is 25.1 Å². The van der Waals surface area contributed by atoms with Gasteiger partial charge >= 0.3 is 0 Å². The lowest BCUT2D eigenvalue weighted by Gasteiger charge is -2.23. The average molecular weight is 557 g/mol. The predicted molar refractivity (Wildman–Crippen MR) is 158 cm³/mol. The van der Waals surface area contributed by atoms with Crippen molar-refractivity contribution in [2.45, 2.75) is 38.1 Å². The summed E-state index contributed by atoms with van der Waals surface area (Å²) in [5, 5.41) is 7.48. The number of anilines is 1. The zero-order valence-corrected chi connectivity index (χ0v) is 23.7. The molecular formula is C31H36N6O4. The van der Waals surface area contributed by atoms with Crippen LogP contribution in [0, 0.1) is 0 Å². The number of nitrogens with two attached hydrogens (primary N) is 1. The Balaban J connectivity index is 1.53. The molecule has 4 rings (SSSR count). The van der Waals surface area contributed by atoms with Crippen molar-refractivity contribution in [2.24, 2.45) is 5.73 Å². The molecule has 1 heterocycles. The molecule has 4 N–H and O–H groups in total. The summed E-state index contributed by atoms with van der Waals surface area (Å²) in [6.45, 7) is 3.29. The fraction of sp³-hybridized carbons (Fsp3) is 0.290. The third-order valence-corrected chi connectivity index (χ3v) is 6.52. The van der Waals surface area contributed by atoms with Gasteiger partial charge in [0.1, 0.15) is 12.1 Å². The van der Waals surface area contributed by atoms with Crippen molar-refractivity contribution in [1.29, 1.82) is 0 Å². The number of carbonyl (C=O) groups excluding carboxylic acids is 3. The summed E-state index contributed by atoms with van der Waals surface area (Å²) in [7, 11) is 3.38. The number of ether oxygens (including phenoxy) is 1. The minimum absolute atomic E-state index is 0.0813. The molecule has 10 nitrogen and oxygen atoms in total. The zero-order chi connectivity index (χ0) is 29.6. The van der Waals surface area contributed by atoms with E-state index in [1.807, 2.05) is 72.8 Å². The number of likely N-dealkylation sites (N-methyl/N-ethyl adjacent to an activating group) is 1. The Morgan fingerprint density at radius 1 is 1.00 bits per heavy atom. The molecule has 1 unspecified atom stereocenters. The van der Waals surface area contributed by atoms with E-state index in [1.54, 1.807) is 38.7 Å². The SMILES string of the molecule is CN(C)C(=O)C(c1ccc2ccccc2c1)n1cnc(NC(=O)[C@@H](COCc2ccccc2)NC(=O)C(C)(C)N)c1. The summed E-state index contributed by atoms with van der Waals surface area (Å²) >= 11 is 0. The highest BCUT2D eigenvalue weighted by Crippen LogP contribution is 2.26. The number of imidazole rings is 1. The van der Waals surface area contributed by atoms with E-state index in [1.165, 1.54) is 11.2 Å². The van der Waals surface area contributed by atoms with Crippen LogP contribution in [0.1, 0.15) is 31.0 Å². The van der Waals surface area contributed by atoms with Crippen molar-refractivity contribution in [3.8, 4) is 0 Å². The summed E-state index contributed by atoms with van der Waals surface area (Å²) in [5.74, 6) is -0.955. The van der Waals surface area contributed by atoms with E-state index in [0.29, 0.717) is 0 Å². The number of aromatic nitrogens is 2.